The molecule has 0 aliphatic heterocycles. The van der Waals surface area contributed by atoms with Crippen LogP contribution in [0.4, 0.5) is 0 Å². The standard InChI is InChI=1S/C10H13NO3S/c1-14-8-2-3-15-9(8)10(13)11-6-4-7(12)5-6/h2-3,6-7,12H,4-5H2,1H3,(H,11,13). The second-order valence-electron chi connectivity index (χ2n) is 3.61. The Morgan fingerprint density at radius 1 is 1.67 bits per heavy atom. The van der Waals surface area contributed by atoms with Gasteiger partial charge in [-0.1, -0.05) is 0 Å². The molecule has 82 valence electrons. The molecule has 0 aromatic carbocycles. The van der Waals surface area contributed by atoms with Crippen LogP contribution in [0, 0.1) is 0 Å². The van der Waals surface area contributed by atoms with Gasteiger partial charge >= 0.3 is 0 Å². The molecule has 0 bridgehead atoms. The van der Waals surface area contributed by atoms with Gasteiger partial charge in [0.05, 0.1) is 13.2 Å². The first-order valence-electron chi connectivity index (χ1n) is 4.81. The molecule has 1 aliphatic rings. The molecular formula is C10H13NO3S. The number of nitrogens with one attached hydrogen (secondary N) is 1. The molecule has 0 spiro atoms. The normalized spacial score (nSPS) is 24.4. The van der Waals surface area contributed by atoms with Crippen molar-refractivity contribution in [3.8, 4) is 5.75 Å². The Kier molecular flexibility index (Phi) is 2.93. The third kappa shape index (κ3) is 2.13. The SMILES string of the molecule is COc1ccsc1C(=O)NC1CC(O)C1. The van der Waals surface area contributed by atoms with Gasteiger partial charge < -0.3 is 15.2 Å². The topological polar surface area (TPSA) is 58.6 Å². The summed E-state index contributed by atoms with van der Waals surface area (Å²) in [6.45, 7) is 0. The van der Waals surface area contributed by atoms with E-state index in [1.807, 2.05) is 5.38 Å². The van der Waals surface area contributed by atoms with Crippen molar-refractivity contribution in [3.63, 3.8) is 0 Å². The zero-order valence-corrected chi connectivity index (χ0v) is 9.21. The lowest BCUT2D eigenvalue weighted by Crippen LogP contribution is -2.46. The van der Waals surface area contributed by atoms with E-state index in [-0.39, 0.29) is 18.1 Å². The Hall–Kier alpha value is -1.07. The largest absolute Gasteiger partial charge is 0.495 e. The van der Waals surface area contributed by atoms with Gasteiger partial charge in [0.25, 0.3) is 5.91 Å². The maximum Gasteiger partial charge on any atom is 0.265 e. The Labute approximate surface area is 91.9 Å². The fourth-order valence-corrected chi connectivity index (χ4v) is 2.34. The maximum atomic E-state index is 11.7. The summed E-state index contributed by atoms with van der Waals surface area (Å²) >= 11 is 1.36. The first kappa shape index (κ1) is 10.4. The van der Waals surface area contributed by atoms with Gasteiger partial charge in [0.2, 0.25) is 0 Å². The lowest BCUT2D eigenvalue weighted by Gasteiger charge is -2.31. The molecule has 1 fully saturated rings. The number of ether oxygens (including phenoxy) is 1. The van der Waals surface area contributed by atoms with E-state index >= 15 is 0 Å². The van der Waals surface area contributed by atoms with Crippen molar-refractivity contribution in [1.29, 1.82) is 0 Å². The fraction of sp³-hybridized carbons (Fsp3) is 0.500. The van der Waals surface area contributed by atoms with Crippen LogP contribution in [0.15, 0.2) is 11.4 Å². The number of aliphatic hydroxyl groups is 1. The third-order valence-corrected chi connectivity index (χ3v) is 3.40. The summed E-state index contributed by atoms with van der Waals surface area (Å²) in [6.07, 6.45) is 1.05. The Bertz CT molecular complexity index is 357. The van der Waals surface area contributed by atoms with Crippen LogP contribution in [0.3, 0.4) is 0 Å². The summed E-state index contributed by atoms with van der Waals surface area (Å²) in [7, 11) is 1.55. The maximum absolute atomic E-state index is 11.7. The zero-order valence-electron chi connectivity index (χ0n) is 8.40. The van der Waals surface area contributed by atoms with E-state index in [0.29, 0.717) is 23.5 Å². The van der Waals surface area contributed by atoms with Crippen molar-refractivity contribution in [2.75, 3.05) is 7.11 Å². The van der Waals surface area contributed by atoms with E-state index in [9.17, 15) is 4.79 Å². The van der Waals surface area contributed by atoms with Crippen LogP contribution in [-0.4, -0.2) is 30.3 Å². The van der Waals surface area contributed by atoms with Gasteiger partial charge in [-0.15, -0.1) is 11.3 Å². The van der Waals surface area contributed by atoms with E-state index in [0.717, 1.165) is 0 Å². The second-order valence-corrected chi connectivity index (χ2v) is 4.53. The molecule has 0 saturated heterocycles. The first-order valence-corrected chi connectivity index (χ1v) is 5.69. The van der Waals surface area contributed by atoms with Crippen molar-refractivity contribution in [2.24, 2.45) is 0 Å². The Balaban J connectivity index is 1.96. The Morgan fingerprint density at radius 2 is 2.40 bits per heavy atom. The number of rotatable bonds is 3. The van der Waals surface area contributed by atoms with Crippen molar-refractivity contribution in [1.82, 2.24) is 5.32 Å². The van der Waals surface area contributed by atoms with Crippen molar-refractivity contribution in [2.45, 2.75) is 25.0 Å². The van der Waals surface area contributed by atoms with Gasteiger partial charge in [0.1, 0.15) is 10.6 Å². The van der Waals surface area contributed by atoms with Crippen molar-refractivity contribution < 1.29 is 14.6 Å². The molecule has 1 saturated carbocycles. The smallest absolute Gasteiger partial charge is 0.265 e. The van der Waals surface area contributed by atoms with Gasteiger partial charge in [-0.2, -0.15) is 0 Å². The number of thiophene rings is 1. The molecule has 0 unspecified atom stereocenters. The monoisotopic (exact) mass is 227 g/mol. The highest BCUT2D eigenvalue weighted by Gasteiger charge is 2.29. The number of aliphatic hydroxyl groups excluding tert-OH is 1. The number of carbonyl (C=O) groups is 1. The van der Waals surface area contributed by atoms with Gasteiger partial charge in [0, 0.05) is 6.04 Å². The van der Waals surface area contributed by atoms with Crippen LogP contribution in [0.2, 0.25) is 0 Å². The summed E-state index contributed by atoms with van der Waals surface area (Å²) in [5, 5.41) is 13.8. The summed E-state index contributed by atoms with van der Waals surface area (Å²) < 4.78 is 5.06. The number of hydrogen-bond acceptors (Lipinski definition) is 4. The van der Waals surface area contributed by atoms with E-state index in [2.05, 4.69) is 5.32 Å². The van der Waals surface area contributed by atoms with E-state index in [1.54, 1.807) is 13.2 Å². The summed E-state index contributed by atoms with van der Waals surface area (Å²) in [6, 6.07) is 1.88. The highest BCUT2D eigenvalue weighted by molar-refractivity contribution is 7.12. The van der Waals surface area contributed by atoms with Crippen LogP contribution in [0.1, 0.15) is 22.5 Å². The molecule has 1 aliphatic carbocycles. The molecule has 1 heterocycles. The van der Waals surface area contributed by atoms with Gasteiger partial charge in [-0.05, 0) is 24.3 Å². The number of carbonyl (C=O) groups excluding carboxylic acids is 1. The minimum atomic E-state index is -0.250. The molecule has 5 heteroatoms. The highest BCUT2D eigenvalue weighted by Crippen LogP contribution is 2.26. The highest BCUT2D eigenvalue weighted by atomic mass is 32.1. The third-order valence-electron chi connectivity index (χ3n) is 2.50. The molecule has 2 rings (SSSR count). The van der Waals surface area contributed by atoms with Crippen LogP contribution < -0.4 is 10.1 Å². The van der Waals surface area contributed by atoms with E-state index in [4.69, 9.17) is 9.84 Å². The minimum Gasteiger partial charge on any atom is -0.495 e. The molecule has 0 atom stereocenters. The first-order chi connectivity index (χ1) is 7.20. The second kappa shape index (κ2) is 4.20. The Morgan fingerprint density at radius 3 is 3.00 bits per heavy atom. The zero-order chi connectivity index (χ0) is 10.8. The summed E-state index contributed by atoms with van der Waals surface area (Å²) in [5.41, 5.74) is 0. The molecule has 2 N–H and O–H groups in total. The fourth-order valence-electron chi connectivity index (χ4n) is 1.58. The quantitative estimate of drug-likeness (QED) is 0.810. The molecular weight excluding hydrogens is 214 g/mol. The van der Waals surface area contributed by atoms with Gasteiger partial charge in [0.15, 0.2) is 0 Å². The van der Waals surface area contributed by atoms with Crippen LogP contribution >= 0.6 is 11.3 Å². The minimum absolute atomic E-state index is 0.110. The molecule has 1 aromatic heterocycles. The number of methoxy groups -OCH3 is 1. The number of hydrogen-bond donors (Lipinski definition) is 2. The molecule has 15 heavy (non-hydrogen) atoms. The van der Waals surface area contributed by atoms with Gasteiger partial charge in [-0.3, -0.25) is 4.79 Å². The summed E-state index contributed by atoms with van der Waals surface area (Å²) in [4.78, 5) is 12.3. The lowest BCUT2D eigenvalue weighted by atomic mass is 9.89. The van der Waals surface area contributed by atoms with E-state index in [1.165, 1.54) is 11.3 Å². The van der Waals surface area contributed by atoms with Crippen LogP contribution in [0.25, 0.3) is 0 Å². The molecule has 1 amide bonds. The van der Waals surface area contributed by atoms with Gasteiger partial charge in [-0.25, -0.2) is 0 Å². The van der Waals surface area contributed by atoms with E-state index < -0.39 is 0 Å². The molecule has 1 aromatic rings. The lowest BCUT2D eigenvalue weighted by molar-refractivity contribution is 0.0563. The molecule has 4 nitrogen and oxygen atoms in total. The average molecular weight is 227 g/mol. The van der Waals surface area contributed by atoms with Crippen LogP contribution in [0.5, 0.6) is 5.75 Å². The predicted octanol–water partition coefficient (Wildman–Crippen LogP) is 1.01. The van der Waals surface area contributed by atoms with Crippen molar-refractivity contribution >= 4 is 17.2 Å². The van der Waals surface area contributed by atoms with Crippen molar-refractivity contribution in [3.05, 3.63) is 16.3 Å². The number of amides is 1. The summed E-state index contributed by atoms with van der Waals surface area (Å²) in [5.74, 6) is 0.496. The van der Waals surface area contributed by atoms with Crippen LogP contribution in [-0.2, 0) is 0 Å². The average Bonchev–Trinajstić information content (AvgIpc) is 2.62. The predicted molar refractivity (Wildman–Crippen MR) is 57.4 cm³/mol. The molecule has 0 radical (unpaired) electrons.